The maximum absolute atomic E-state index is 5.55. The predicted molar refractivity (Wildman–Crippen MR) is 93.8 cm³/mol. The highest BCUT2D eigenvalue weighted by Gasteiger charge is 2.37. The maximum Gasteiger partial charge on any atom is 0.0594 e. The Morgan fingerprint density at radius 1 is 0.957 bits per heavy atom. The highest BCUT2D eigenvalue weighted by molar-refractivity contribution is 4.90. The van der Waals surface area contributed by atoms with Gasteiger partial charge in [-0.15, -0.1) is 0 Å². The van der Waals surface area contributed by atoms with E-state index in [1.807, 2.05) is 7.11 Å². The van der Waals surface area contributed by atoms with Gasteiger partial charge in [-0.05, 0) is 43.6 Å². The third-order valence-electron chi connectivity index (χ3n) is 6.14. The molecule has 0 bridgehead atoms. The molecule has 4 nitrogen and oxygen atoms in total. The van der Waals surface area contributed by atoms with Crippen LogP contribution in [0.5, 0.6) is 0 Å². The van der Waals surface area contributed by atoms with Gasteiger partial charge in [0.05, 0.1) is 19.8 Å². The topological polar surface area (TPSA) is 24.9 Å². The van der Waals surface area contributed by atoms with Crippen LogP contribution in [0.25, 0.3) is 0 Å². The first kappa shape index (κ1) is 17.7. The second-order valence-electron chi connectivity index (χ2n) is 8.15. The smallest absolute Gasteiger partial charge is 0.0594 e. The van der Waals surface area contributed by atoms with Crippen molar-refractivity contribution in [3.63, 3.8) is 0 Å². The third kappa shape index (κ3) is 5.15. The molecule has 134 valence electrons. The molecule has 1 atom stereocenters. The molecule has 1 saturated carbocycles. The van der Waals surface area contributed by atoms with Crippen molar-refractivity contribution in [2.24, 2.45) is 11.3 Å². The average Bonchev–Trinajstić information content (AvgIpc) is 2.57. The first-order valence-electron chi connectivity index (χ1n) is 9.81. The summed E-state index contributed by atoms with van der Waals surface area (Å²) in [5.74, 6) is 0.748. The molecule has 0 aromatic heterocycles. The van der Waals surface area contributed by atoms with Gasteiger partial charge >= 0.3 is 0 Å². The zero-order valence-electron chi connectivity index (χ0n) is 15.1. The minimum absolute atomic E-state index is 0.532. The van der Waals surface area contributed by atoms with Crippen molar-refractivity contribution in [1.82, 2.24) is 9.80 Å². The Kier molecular flexibility index (Phi) is 6.75. The van der Waals surface area contributed by atoms with Gasteiger partial charge in [0, 0.05) is 39.8 Å². The van der Waals surface area contributed by atoms with Crippen LogP contribution in [0.3, 0.4) is 0 Å². The second-order valence-corrected chi connectivity index (χ2v) is 8.15. The molecular formula is C19H36N2O2. The van der Waals surface area contributed by atoms with Crippen LogP contribution >= 0.6 is 0 Å². The van der Waals surface area contributed by atoms with E-state index in [0.29, 0.717) is 5.41 Å². The lowest BCUT2D eigenvalue weighted by Crippen LogP contribution is -2.51. The molecule has 0 spiro atoms. The van der Waals surface area contributed by atoms with Crippen molar-refractivity contribution < 1.29 is 9.47 Å². The molecule has 0 unspecified atom stereocenters. The molecule has 2 saturated heterocycles. The summed E-state index contributed by atoms with van der Waals surface area (Å²) < 4.78 is 11.0. The van der Waals surface area contributed by atoms with Crippen molar-refractivity contribution in [3.05, 3.63) is 0 Å². The zero-order chi connectivity index (χ0) is 16.0. The monoisotopic (exact) mass is 324 g/mol. The Balaban J connectivity index is 1.59. The fourth-order valence-corrected chi connectivity index (χ4v) is 5.04. The van der Waals surface area contributed by atoms with Gasteiger partial charge in [0.1, 0.15) is 0 Å². The molecule has 0 aromatic rings. The highest BCUT2D eigenvalue weighted by atomic mass is 16.5. The van der Waals surface area contributed by atoms with E-state index in [-0.39, 0.29) is 0 Å². The van der Waals surface area contributed by atoms with E-state index in [1.54, 1.807) is 0 Å². The lowest BCUT2D eigenvalue weighted by molar-refractivity contribution is -0.0115. The Hall–Kier alpha value is -0.160. The van der Waals surface area contributed by atoms with Crippen LogP contribution < -0.4 is 0 Å². The van der Waals surface area contributed by atoms with Crippen molar-refractivity contribution in [2.45, 2.75) is 44.9 Å². The molecule has 4 heteroatoms. The largest absolute Gasteiger partial charge is 0.384 e. The summed E-state index contributed by atoms with van der Waals surface area (Å²) in [4.78, 5) is 5.43. The van der Waals surface area contributed by atoms with Crippen LogP contribution in [0.2, 0.25) is 0 Å². The second kappa shape index (κ2) is 8.80. The van der Waals surface area contributed by atoms with Crippen LogP contribution in [0.15, 0.2) is 0 Å². The van der Waals surface area contributed by atoms with E-state index in [4.69, 9.17) is 9.47 Å². The first-order chi connectivity index (χ1) is 11.3. The highest BCUT2D eigenvalue weighted by Crippen LogP contribution is 2.39. The molecular weight excluding hydrogens is 288 g/mol. The molecule has 2 aliphatic heterocycles. The summed E-state index contributed by atoms with van der Waals surface area (Å²) in [6.45, 7) is 10.2. The van der Waals surface area contributed by atoms with Crippen molar-refractivity contribution in [1.29, 1.82) is 0 Å². The van der Waals surface area contributed by atoms with Crippen LogP contribution in [0.1, 0.15) is 44.9 Å². The molecule has 23 heavy (non-hydrogen) atoms. The lowest BCUT2D eigenvalue weighted by atomic mass is 9.72. The fraction of sp³-hybridized carbons (Fsp3) is 1.00. The molecule has 0 radical (unpaired) electrons. The molecule has 0 aromatic carbocycles. The van der Waals surface area contributed by atoms with Gasteiger partial charge in [0.15, 0.2) is 0 Å². The predicted octanol–water partition coefficient (Wildman–Crippen LogP) is 2.63. The fourth-order valence-electron chi connectivity index (χ4n) is 5.04. The maximum atomic E-state index is 5.55. The third-order valence-corrected chi connectivity index (χ3v) is 6.14. The van der Waals surface area contributed by atoms with E-state index in [0.717, 1.165) is 38.8 Å². The number of rotatable bonds is 6. The minimum Gasteiger partial charge on any atom is -0.384 e. The van der Waals surface area contributed by atoms with Crippen LogP contribution in [-0.2, 0) is 9.47 Å². The number of hydrogen-bond acceptors (Lipinski definition) is 4. The number of hydrogen-bond donors (Lipinski definition) is 0. The van der Waals surface area contributed by atoms with Crippen molar-refractivity contribution >= 4 is 0 Å². The Bertz CT molecular complexity index is 336. The van der Waals surface area contributed by atoms with Gasteiger partial charge in [-0.3, -0.25) is 4.90 Å². The Labute approximate surface area is 142 Å². The van der Waals surface area contributed by atoms with Crippen molar-refractivity contribution in [3.8, 4) is 0 Å². The van der Waals surface area contributed by atoms with Crippen LogP contribution in [0, 0.1) is 11.3 Å². The van der Waals surface area contributed by atoms with Crippen molar-refractivity contribution in [2.75, 3.05) is 66.2 Å². The number of methoxy groups -OCH3 is 1. The van der Waals surface area contributed by atoms with Gasteiger partial charge in [-0.1, -0.05) is 19.3 Å². The van der Waals surface area contributed by atoms with Gasteiger partial charge in [-0.25, -0.2) is 0 Å². The molecule has 1 aliphatic carbocycles. The van der Waals surface area contributed by atoms with E-state index >= 15 is 0 Å². The molecule has 3 fully saturated rings. The summed E-state index contributed by atoms with van der Waals surface area (Å²) in [7, 11) is 1.85. The minimum atomic E-state index is 0.532. The van der Waals surface area contributed by atoms with Gasteiger partial charge in [-0.2, -0.15) is 0 Å². The molecule has 3 aliphatic rings. The summed E-state index contributed by atoms with van der Waals surface area (Å²) >= 11 is 0. The van der Waals surface area contributed by atoms with E-state index in [9.17, 15) is 0 Å². The van der Waals surface area contributed by atoms with Crippen LogP contribution in [-0.4, -0.2) is 76.0 Å². The summed E-state index contributed by atoms with van der Waals surface area (Å²) in [5, 5.41) is 0. The first-order valence-corrected chi connectivity index (χ1v) is 9.81. The van der Waals surface area contributed by atoms with Gasteiger partial charge < -0.3 is 14.4 Å². The molecule has 2 heterocycles. The Morgan fingerprint density at radius 3 is 2.43 bits per heavy atom. The SMILES string of the molecule is COC[C@H]1CCCN(CC2(CN3CCOCC3)CCCCC2)C1. The molecule has 0 N–H and O–H groups in total. The Morgan fingerprint density at radius 2 is 1.70 bits per heavy atom. The van der Waals surface area contributed by atoms with Gasteiger partial charge in [0.2, 0.25) is 0 Å². The number of piperidine rings is 1. The van der Waals surface area contributed by atoms with Crippen LogP contribution in [0.4, 0.5) is 0 Å². The summed E-state index contributed by atoms with van der Waals surface area (Å²) in [6.07, 6.45) is 9.85. The molecule has 3 rings (SSSR count). The number of ether oxygens (including phenoxy) is 2. The summed E-state index contributed by atoms with van der Waals surface area (Å²) in [5.41, 5.74) is 0.532. The zero-order valence-corrected chi connectivity index (χ0v) is 15.1. The van der Waals surface area contributed by atoms with E-state index in [1.165, 1.54) is 71.1 Å². The number of nitrogens with zero attached hydrogens (tertiary/aromatic N) is 2. The summed E-state index contributed by atoms with van der Waals surface area (Å²) in [6, 6.07) is 0. The lowest BCUT2D eigenvalue weighted by Gasteiger charge is -2.46. The quantitative estimate of drug-likeness (QED) is 0.750. The standard InChI is InChI=1S/C19H36N2O2/c1-22-15-18-6-5-9-21(14-18)17-19(7-3-2-4-8-19)16-20-10-12-23-13-11-20/h18H,2-17H2,1H3/t18-/m0/s1. The number of morpholine rings is 1. The normalized spacial score (nSPS) is 30.4. The molecule has 0 amide bonds. The van der Waals surface area contributed by atoms with E-state index in [2.05, 4.69) is 9.80 Å². The van der Waals surface area contributed by atoms with Gasteiger partial charge in [0.25, 0.3) is 0 Å². The van der Waals surface area contributed by atoms with E-state index < -0.39 is 0 Å². The average molecular weight is 325 g/mol. The number of likely N-dealkylation sites (tertiary alicyclic amines) is 1.